The molecule has 6 heteroatoms. The molecule has 3 N–H and O–H groups in total. The van der Waals surface area contributed by atoms with Crippen molar-refractivity contribution in [2.45, 2.75) is 12.8 Å². The van der Waals surface area contributed by atoms with Crippen molar-refractivity contribution in [3.63, 3.8) is 0 Å². The van der Waals surface area contributed by atoms with Crippen molar-refractivity contribution in [2.75, 3.05) is 0 Å². The van der Waals surface area contributed by atoms with E-state index >= 15 is 0 Å². The van der Waals surface area contributed by atoms with Crippen LogP contribution in [0.5, 0.6) is 0 Å². The van der Waals surface area contributed by atoms with E-state index in [4.69, 9.17) is 5.84 Å². The smallest absolute Gasteiger partial charge is 0.243 e. The first-order chi connectivity index (χ1) is 7.61. The van der Waals surface area contributed by atoms with Gasteiger partial charge in [-0.25, -0.2) is 10.8 Å². The van der Waals surface area contributed by atoms with Crippen LogP contribution >= 0.6 is 27.3 Å². The molecule has 2 aromatic rings. The van der Waals surface area contributed by atoms with E-state index in [0.29, 0.717) is 0 Å². The van der Waals surface area contributed by atoms with Gasteiger partial charge in [-0.2, -0.15) is 0 Å². The highest BCUT2D eigenvalue weighted by Crippen LogP contribution is 2.29. The van der Waals surface area contributed by atoms with Crippen molar-refractivity contribution in [2.24, 2.45) is 5.84 Å². The molecule has 1 aromatic carbocycles. The van der Waals surface area contributed by atoms with E-state index < -0.39 is 0 Å². The Hall–Kier alpha value is -0.980. The van der Waals surface area contributed by atoms with Crippen LogP contribution < -0.4 is 11.3 Å². The fourth-order valence-corrected chi connectivity index (χ4v) is 2.91. The maximum atomic E-state index is 11.4. The lowest BCUT2D eigenvalue weighted by molar-refractivity contribution is -0.122. The summed E-state index contributed by atoms with van der Waals surface area (Å²) in [5.41, 5.74) is 3.04. The topological polar surface area (TPSA) is 68.0 Å². The zero-order valence-corrected chi connectivity index (χ0v) is 10.9. The first-order valence-electron chi connectivity index (χ1n) is 4.68. The molecule has 84 valence electrons. The Morgan fingerprint density at radius 3 is 3.06 bits per heavy atom. The fraction of sp³-hybridized carbons (Fsp3) is 0.200. The SMILES string of the molecule is CC(C(=O)NN)c1nc2ccc(Br)cc2s1. The molecule has 0 radical (unpaired) electrons. The van der Waals surface area contributed by atoms with Crippen LogP contribution in [0.2, 0.25) is 0 Å². The lowest BCUT2D eigenvalue weighted by Crippen LogP contribution is -2.33. The minimum atomic E-state index is -0.318. The largest absolute Gasteiger partial charge is 0.294 e. The number of hydrazine groups is 1. The number of amides is 1. The lowest BCUT2D eigenvalue weighted by atomic mass is 10.2. The number of rotatable bonds is 2. The van der Waals surface area contributed by atoms with Gasteiger partial charge in [0.2, 0.25) is 5.91 Å². The zero-order valence-electron chi connectivity index (χ0n) is 8.53. The molecule has 1 aromatic heterocycles. The predicted molar refractivity (Wildman–Crippen MR) is 68.1 cm³/mol. The Morgan fingerprint density at radius 1 is 1.62 bits per heavy atom. The van der Waals surface area contributed by atoms with E-state index in [1.807, 2.05) is 18.2 Å². The third-order valence-corrected chi connectivity index (χ3v) is 3.97. The minimum Gasteiger partial charge on any atom is -0.294 e. The quantitative estimate of drug-likeness (QED) is 0.507. The maximum Gasteiger partial charge on any atom is 0.243 e. The van der Waals surface area contributed by atoms with E-state index in [0.717, 1.165) is 19.7 Å². The first kappa shape index (κ1) is 11.5. The minimum absolute atomic E-state index is 0.224. The van der Waals surface area contributed by atoms with Gasteiger partial charge in [-0.05, 0) is 25.1 Å². The average molecular weight is 300 g/mol. The Balaban J connectivity index is 2.43. The Labute approximate surface area is 105 Å². The van der Waals surface area contributed by atoms with Gasteiger partial charge in [0, 0.05) is 4.47 Å². The van der Waals surface area contributed by atoms with Gasteiger partial charge >= 0.3 is 0 Å². The van der Waals surface area contributed by atoms with Crippen molar-refractivity contribution in [3.8, 4) is 0 Å². The number of carbonyl (C=O) groups is 1. The van der Waals surface area contributed by atoms with Crippen LogP contribution in [0.1, 0.15) is 17.8 Å². The van der Waals surface area contributed by atoms with Gasteiger partial charge in [0.25, 0.3) is 0 Å². The van der Waals surface area contributed by atoms with Crippen LogP contribution in [-0.2, 0) is 4.79 Å². The molecule has 0 spiro atoms. The summed E-state index contributed by atoms with van der Waals surface area (Å²) < 4.78 is 2.06. The Kier molecular flexibility index (Phi) is 3.22. The summed E-state index contributed by atoms with van der Waals surface area (Å²) in [7, 11) is 0. The summed E-state index contributed by atoms with van der Waals surface area (Å²) in [6.45, 7) is 1.79. The molecule has 1 unspecified atom stereocenters. The van der Waals surface area contributed by atoms with Crippen LogP contribution in [0.4, 0.5) is 0 Å². The van der Waals surface area contributed by atoms with Crippen molar-refractivity contribution in [1.29, 1.82) is 0 Å². The van der Waals surface area contributed by atoms with E-state index in [2.05, 4.69) is 26.3 Å². The molecular formula is C10H10BrN3OS. The molecule has 2 rings (SSSR count). The van der Waals surface area contributed by atoms with Gasteiger partial charge in [-0.3, -0.25) is 10.2 Å². The summed E-state index contributed by atoms with van der Waals surface area (Å²) in [6.07, 6.45) is 0. The summed E-state index contributed by atoms with van der Waals surface area (Å²) in [6, 6.07) is 5.84. The number of fused-ring (bicyclic) bond motifs is 1. The molecular weight excluding hydrogens is 290 g/mol. The number of hydrogen-bond acceptors (Lipinski definition) is 4. The Morgan fingerprint density at radius 2 is 2.38 bits per heavy atom. The van der Waals surface area contributed by atoms with Gasteiger partial charge in [0.05, 0.1) is 16.1 Å². The van der Waals surface area contributed by atoms with Crippen LogP contribution in [0.25, 0.3) is 10.2 Å². The summed E-state index contributed by atoms with van der Waals surface area (Å²) >= 11 is 4.91. The van der Waals surface area contributed by atoms with Crippen LogP contribution in [0.3, 0.4) is 0 Å². The molecule has 0 saturated carbocycles. The van der Waals surface area contributed by atoms with Gasteiger partial charge in [-0.1, -0.05) is 15.9 Å². The molecule has 0 aliphatic heterocycles. The number of nitrogens with zero attached hydrogens (tertiary/aromatic N) is 1. The zero-order chi connectivity index (χ0) is 11.7. The van der Waals surface area contributed by atoms with E-state index in [-0.39, 0.29) is 11.8 Å². The van der Waals surface area contributed by atoms with E-state index in [9.17, 15) is 4.79 Å². The predicted octanol–water partition coefficient (Wildman–Crippen LogP) is 2.15. The van der Waals surface area contributed by atoms with Gasteiger partial charge < -0.3 is 0 Å². The molecule has 4 nitrogen and oxygen atoms in total. The third-order valence-electron chi connectivity index (χ3n) is 2.27. The van der Waals surface area contributed by atoms with Crippen LogP contribution in [-0.4, -0.2) is 10.9 Å². The number of benzene rings is 1. The molecule has 1 atom stereocenters. The molecule has 1 heterocycles. The number of aromatic nitrogens is 1. The number of thiazole rings is 1. The van der Waals surface area contributed by atoms with Gasteiger partial charge in [-0.15, -0.1) is 11.3 Å². The normalized spacial score (nSPS) is 12.7. The molecule has 0 aliphatic rings. The number of carbonyl (C=O) groups excluding carboxylic acids is 1. The van der Waals surface area contributed by atoms with Crippen LogP contribution in [0, 0.1) is 0 Å². The Bertz CT molecular complexity index is 540. The van der Waals surface area contributed by atoms with Gasteiger partial charge in [0.15, 0.2) is 0 Å². The van der Waals surface area contributed by atoms with Crippen molar-refractivity contribution >= 4 is 43.4 Å². The van der Waals surface area contributed by atoms with Crippen LogP contribution in [0.15, 0.2) is 22.7 Å². The highest BCUT2D eigenvalue weighted by atomic mass is 79.9. The third kappa shape index (κ3) is 2.09. The molecule has 0 bridgehead atoms. The number of nitrogens with two attached hydrogens (primary N) is 1. The molecule has 0 saturated heterocycles. The first-order valence-corrected chi connectivity index (χ1v) is 6.29. The molecule has 1 amide bonds. The maximum absolute atomic E-state index is 11.4. The molecule has 16 heavy (non-hydrogen) atoms. The van der Waals surface area contributed by atoms with Gasteiger partial charge in [0.1, 0.15) is 5.01 Å². The molecule has 0 fully saturated rings. The summed E-state index contributed by atoms with van der Waals surface area (Å²) in [4.78, 5) is 15.8. The van der Waals surface area contributed by atoms with Crippen molar-refractivity contribution in [1.82, 2.24) is 10.4 Å². The lowest BCUT2D eigenvalue weighted by Gasteiger charge is -2.04. The van der Waals surface area contributed by atoms with E-state index in [1.54, 1.807) is 6.92 Å². The highest BCUT2D eigenvalue weighted by molar-refractivity contribution is 9.10. The average Bonchev–Trinajstić information content (AvgIpc) is 2.69. The standard InChI is InChI=1S/C10H10BrN3OS/c1-5(9(15)14-12)10-13-7-3-2-6(11)4-8(7)16-10/h2-5H,12H2,1H3,(H,14,15). The summed E-state index contributed by atoms with van der Waals surface area (Å²) in [5.74, 6) is 4.56. The highest BCUT2D eigenvalue weighted by Gasteiger charge is 2.18. The van der Waals surface area contributed by atoms with Crippen molar-refractivity contribution < 1.29 is 4.79 Å². The summed E-state index contributed by atoms with van der Waals surface area (Å²) in [5, 5.41) is 0.774. The number of nitrogens with one attached hydrogen (secondary N) is 1. The van der Waals surface area contributed by atoms with Crippen molar-refractivity contribution in [3.05, 3.63) is 27.7 Å². The number of halogens is 1. The fourth-order valence-electron chi connectivity index (χ4n) is 1.34. The molecule has 0 aliphatic carbocycles. The second-order valence-electron chi connectivity index (χ2n) is 3.39. The second-order valence-corrected chi connectivity index (χ2v) is 5.37. The van der Waals surface area contributed by atoms with E-state index in [1.165, 1.54) is 11.3 Å². The monoisotopic (exact) mass is 299 g/mol. The number of hydrogen-bond donors (Lipinski definition) is 2. The second kappa shape index (κ2) is 4.48.